The van der Waals surface area contributed by atoms with Gasteiger partial charge in [0, 0.05) is 13.1 Å². The Bertz CT molecular complexity index is 1310. The van der Waals surface area contributed by atoms with Crippen LogP contribution in [0.5, 0.6) is 0 Å². The van der Waals surface area contributed by atoms with Gasteiger partial charge < -0.3 is 14.6 Å². The number of anilines is 1. The van der Waals surface area contributed by atoms with Gasteiger partial charge >= 0.3 is 5.76 Å². The summed E-state index contributed by atoms with van der Waals surface area (Å²) in [5, 5.41) is 3.30. The Labute approximate surface area is 205 Å². The highest BCUT2D eigenvalue weighted by Gasteiger charge is 2.52. The van der Waals surface area contributed by atoms with E-state index in [2.05, 4.69) is 15.2 Å². The first-order chi connectivity index (χ1) is 16.9. The summed E-state index contributed by atoms with van der Waals surface area (Å²) in [4.78, 5) is 30.3. The SMILES string of the molecule is CCN(c1cccc([C@@H](CN2CCCC2)NC(=O)C2(c3ccc4oc(=O)[nH]c4c3)CC2)c1)S(=O)O. The summed E-state index contributed by atoms with van der Waals surface area (Å²) in [6.07, 6.45) is 3.74. The number of likely N-dealkylation sites (tertiary alicyclic amines) is 1. The number of hydrogen-bond donors (Lipinski definition) is 3. The Hall–Kier alpha value is -2.95. The van der Waals surface area contributed by atoms with Crippen LogP contribution in [0.4, 0.5) is 5.69 Å². The second-order valence-electron chi connectivity index (χ2n) is 9.36. The van der Waals surface area contributed by atoms with Gasteiger partial charge in [-0.15, -0.1) is 0 Å². The number of aromatic amines is 1. The minimum Gasteiger partial charge on any atom is -0.408 e. The number of benzene rings is 2. The Morgan fingerprint density at radius 1 is 1.26 bits per heavy atom. The van der Waals surface area contributed by atoms with E-state index in [1.807, 2.05) is 37.3 Å². The normalized spacial score (nSPS) is 18.9. The van der Waals surface area contributed by atoms with Crippen LogP contribution in [-0.2, 0) is 21.5 Å². The number of fused-ring (bicyclic) bond motifs is 1. The number of carbonyl (C=O) groups is 1. The summed E-state index contributed by atoms with van der Waals surface area (Å²) in [5.74, 6) is -0.558. The summed E-state index contributed by atoms with van der Waals surface area (Å²) >= 11 is -2.13. The predicted molar refractivity (Wildman–Crippen MR) is 135 cm³/mol. The van der Waals surface area contributed by atoms with Gasteiger partial charge in [-0.05, 0) is 81.1 Å². The Morgan fingerprint density at radius 3 is 2.71 bits per heavy atom. The largest absolute Gasteiger partial charge is 0.417 e. The van der Waals surface area contributed by atoms with Gasteiger partial charge in [0.1, 0.15) is 0 Å². The molecule has 1 unspecified atom stereocenters. The van der Waals surface area contributed by atoms with E-state index in [-0.39, 0.29) is 11.9 Å². The van der Waals surface area contributed by atoms with Gasteiger partial charge in [0.2, 0.25) is 5.91 Å². The molecule has 1 aliphatic heterocycles. The average molecular weight is 499 g/mol. The number of nitrogens with zero attached hydrogens (tertiary/aromatic N) is 2. The van der Waals surface area contributed by atoms with Crippen molar-refractivity contribution in [3.05, 3.63) is 64.1 Å². The summed E-state index contributed by atoms with van der Waals surface area (Å²) in [6.45, 7) is 4.86. The Morgan fingerprint density at radius 2 is 2.03 bits per heavy atom. The van der Waals surface area contributed by atoms with Crippen LogP contribution in [-0.4, -0.2) is 50.7 Å². The summed E-state index contributed by atoms with van der Waals surface area (Å²) in [5.41, 5.74) is 2.83. The van der Waals surface area contributed by atoms with Crippen molar-refractivity contribution in [2.75, 3.05) is 30.5 Å². The van der Waals surface area contributed by atoms with Crippen LogP contribution in [0.1, 0.15) is 49.8 Å². The molecule has 0 radical (unpaired) electrons. The third-order valence-corrected chi connectivity index (χ3v) is 7.98. The molecule has 2 fully saturated rings. The van der Waals surface area contributed by atoms with Crippen molar-refractivity contribution in [1.29, 1.82) is 0 Å². The van der Waals surface area contributed by atoms with E-state index < -0.39 is 22.4 Å². The first kappa shape index (κ1) is 23.8. The third-order valence-electron chi connectivity index (χ3n) is 7.14. The molecule has 0 bridgehead atoms. The van der Waals surface area contributed by atoms with Crippen LogP contribution in [0.25, 0.3) is 11.1 Å². The van der Waals surface area contributed by atoms with Crippen LogP contribution in [0.3, 0.4) is 0 Å². The van der Waals surface area contributed by atoms with Gasteiger partial charge in [0.25, 0.3) is 11.3 Å². The molecule has 5 rings (SSSR count). The van der Waals surface area contributed by atoms with Crippen LogP contribution in [0.15, 0.2) is 51.7 Å². The zero-order valence-electron chi connectivity index (χ0n) is 19.7. The molecule has 1 amide bonds. The van der Waals surface area contributed by atoms with Crippen LogP contribution in [0, 0.1) is 0 Å². The first-order valence-corrected chi connectivity index (χ1v) is 13.1. The number of rotatable bonds is 9. The highest BCUT2D eigenvalue weighted by Crippen LogP contribution is 2.49. The van der Waals surface area contributed by atoms with E-state index in [4.69, 9.17) is 4.42 Å². The van der Waals surface area contributed by atoms with Crippen molar-refractivity contribution in [3.8, 4) is 0 Å². The average Bonchev–Trinajstić information content (AvgIpc) is 3.32. The molecule has 35 heavy (non-hydrogen) atoms. The van der Waals surface area contributed by atoms with Gasteiger partial charge in [-0.3, -0.25) is 18.6 Å². The van der Waals surface area contributed by atoms with Crippen molar-refractivity contribution in [2.45, 2.75) is 44.1 Å². The number of nitrogens with one attached hydrogen (secondary N) is 2. The molecule has 9 nitrogen and oxygen atoms in total. The molecule has 1 aliphatic carbocycles. The number of hydrogen-bond acceptors (Lipinski definition) is 5. The lowest BCUT2D eigenvalue weighted by Crippen LogP contribution is -2.42. The molecule has 3 aromatic rings. The maximum absolute atomic E-state index is 13.7. The highest BCUT2D eigenvalue weighted by atomic mass is 32.2. The van der Waals surface area contributed by atoms with E-state index in [1.165, 1.54) is 4.31 Å². The minimum atomic E-state index is -2.13. The second kappa shape index (κ2) is 9.60. The lowest BCUT2D eigenvalue weighted by atomic mass is 9.93. The van der Waals surface area contributed by atoms with Crippen molar-refractivity contribution >= 4 is 34.0 Å². The molecule has 2 aliphatic rings. The molecule has 0 spiro atoms. The molecule has 186 valence electrons. The molecule has 2 atom stereocenters. The molecular weight excluding hydrogens is 468 g/mol. The molecule has 3 N–H and O–H groups in total. The van der Waals surface area contributed by atoms with Gasteiger partial charge in [0.15, 0.2) is 5.58 Å². The van der Waals surface area contributed by atoms with E-state index in [0.717, 1.165) is 49.9 Å². The maximum atomic E-state index is 13.7. The number of aromatic nitrogens is 1. The van der Waals surface area contributed by atoms with Crippen LogP contribution >= 0.6 is 0 Å². The number of oxazole rings is 1. The van der Waals surface area contributed by atoms with Gasteiger partial charge in [-0.2, -0.15) is 0 Å². The van der Waals surface area contributed by atoms with Gasteiger partial charge in [-0.25, -0.2) is 9.00 Å². The van der Waals surface area contributed by atoms with E-state index in [0.29, 0.717) is 29.9 Å². The molecule has 1 saturated carbocycles. The van der Waals surface area contributed by atoms with Crippen molar-refractivity contribution < 1.29 is 18.0 Å². The van der Waals surface area contributed by atoms with Crippen LogP contribution in [0.2, 0.25) is 0 Å². The topological polar surface area (TPSA) is 119 Å². The van der Waals surface area contributed by atoms with Crippen LogP contribution < -0.4 is 15.4 Å². The zero-order chi connectivity index (χ0) is 24.6. The Kier molecular flexibility index (Phi) is 6.52. The van der Waals surface area contributed by atoms with Crippen molar-refractivity contribution in [1.82, 2.24) is 15.2 Å². The van der Waals surface area contributed by atoms with E-state index >= 15 is 0 Å². The van der Waals surface area contributed by atoms with Crippen molar-refractivity contribution in [3.63, 3.8) is 0 Å². The zero-order valence-corrected chi connectivity index (χ0v) is 20.5. The standard InChI is InChI=1S/C25H30N4O5S/c1-2-29(35(32)33)19-7-5-6-17(14-19)21(16-28-12-3-4-13-28)26-23(30)25(10-11-25)18-8-9-22-20(15-18)27-24(31)34-22/h5-9,14-15,21H,2-4,10-13,16H2,1H3,(H,26,30)(H,27,31)(H,32,33)/t21-/m1/s1. The second-order valence-corrected chi connectivity index (χ2v) is 10.3. The number of H-pyrrole nitrogens is 1. The molecule has 2 aromatic carbocycles. The smallest absolute Gasteiger partial charge is 0.408 e. The molecule has 1 aromatic heterocycles. The first-order valence-electron chi connectivity index (χ1n) is 12.0. The summed E-state index contributed by atoms with van der Waals surface area (Å²) < 4.78 is 28.0. The lowest BCUT2D eigenvalue weighted by molar-refractivity contribution is -0.124. The molecule has 10 heteroatoms. The maximum Gasteiger partial charge on any atom is 0.417 e. The van der Waals surface area contributed by atoms with Crippen molar-refractivity contribution in [2.24, 2.45) is 0 Å². The number of carbonyl (C=O) groups excluding carboxylic acids is 1. The quantitative estimate of drug-likeness (QED) is 0.390. The summed E-state index contributed by atoms with van der Waals surface area (Å²) in [7, 11) is 0. The fourth-order valence-corrected chi connectivity index (χ4v) is 5.57. The third kappa shape index (κ3) is 4.78. The highest BCUT2D eigenvalue weighted by molar-refractivity contribution is 7.80. The summed E-state index contributed by atoms with van der Waals surface area (Å²) in [6, 6.07) is 12.7. The monoisotopic (exact) mass is 498 g/mol. The molecule has 1 saturated heterocycles. The fourth-order valence-electron chi connectivity index (χ4n) is 5.06. The van der Waals surface area contributed by atoms with Gasteiger partial charge in [-0.1, -0.05) is 18.2 Å². The predicted octanol–water partition coefficient (Wildman–Crippen LogP) is 3.07. The Balaban J connectivity index is 1.43. The minimum absolute atomic E-state index is 0.0459. The van der Waals surface area contributed by atoms with E-state index in [1.54, 1.807) is 12.1 Å². The number of amides is 1. The fraction of sp³-hybridized carbons (Fsp3) is 0.440. The molecular formula is C25H30N4O5S. The lowest BCUT2D eigenvalue weighted by Gasteiger charge is -2.28. The molecule has 2 heterocycles. The van der Waals surface area contributed by atoms with Gasteiger partial charge in [0.05, 0.1) is 22.7 Å². The van der Waals surface area contributed by atoms with E-state index in [9.17, 15) is 18.4 Å².